The highest BCUT2D eigenvalue weighted by atomic mass is 16.5. The lowest BCUT2D eigenvalue weighted by molar-refractivity contribution is -0.145. The lowest BCUT2D eigenvalue weighted by Gasteiger charge is -2.22. The van der Waals surface area contributed by atoms with Gasteiger partial charge in [-0.05, 0) is 44.1 Å². The van der Waals surface area contributed by atoms with Crippen LogP contribution in [0.5, 0.6) is 0 Å². The van der Waals surface area contributed by atoms with Crippen molar-refractivity contribution in [3.63, 3.8) is 0 Å². The zero-order chi connectivity index (χ0) is 12.0. The summed E-state index contributed by atoms with van der Waals surface area (Å²) in [5.74, 6) is 0.902. The number of hydrogen-bond donors (Lipinski definition) is 0. The minimum Gasteiger partial charge on any atom is -0.434 e. The van der Waals surface area contributed by atoms with E-state index in [1.807, 2.05) is 6.92 Å². The van der Waals surface area contributed by atoms with Gasteiger partial charge in [-0.2, -0.15) is 0 Å². The third-order valence-electron chi connectivity index (χ3n) is 3.17. The Hall–Kier alpha value is -0.790. The van der Waals surface area contributed by atoms with Crippen LogP contribution in [0.15, 0.2) is 11.8 Å². The van der Waals surface area contributed by atoms with Crippen LogP contribution in [0.1, 0.15) is 59.3 Å². The van der Waals surface area contributed by atoms with Crippen LogP contribution in [-0.2, 0) is 9.53 Å². The summed E-state index contributed by atoms with van der Waals surface area (Å²) in [4.78, 5) is 11.4. The molecule has 0 spiro atoms. The van der Waals surface area contributed by atoms with Crippen molar-refractivity contribution in [2.45, 2.75) is 59.3 Å². The third-order valence-corrected chi connectivity index (χ3v) is 3.17. The summed E-state index contributed by atoms with van der Waals surface area (Å²) >= 11 is 0. The molecule has 0 aliphatic heterocycles. The van der Waals surface area contributed by atoms with Crippen LogP contribution >= 0.6 is 0 Å². The van der Waals surface area contributed by atoms with E-state index < -0.39 is 0 Å². The first-order chi connectivity index (χ1) is 7.59. The minimum absolute atomic E-state index is 0.0329. The topological polar surface area (TPSA) is 26.3 Å². The summed E-state index contributed by atoms with van der Waals surface area (Å²) in [6.45, 7) is 6.50. The van der Waals surface area contributed by atoms with Gasteiger partial charge in [0, 0.05) is 0 Å². The number of rotatable bonds is 6. The summed E-state index contributed by atoms with van der Waals surface area (Å²) in [5.41, 5.74) is 1.17. The number of ether oxygens (including phenoxy) is 1. The van der Waals surface area contributed by atoms with Gasteiger partial charge in [-0.3, -0.25) is 4.79 Å². The van der Waals surface area contributed by atoms with E-state index in [1.165, 1.54) is 24.8 Å². The normalized spacial score (nSPS) is 17.4. The van der Waals surface area contributed by atoms with E-state index >= 15 is 0 Å². The predicted molar refractivity (Wildman–Crippen MR) is 65.9 cm³/mol. The van der Waals surface area contributed by atoms with Crippen LogP contribution in [0.2, 0.25) is 0 Å². The molecule has 2 nitrogen and oxygen atoms in total. The molecule has 92 valence electrons. The SMILES string of the molecule is CC(=COC(=O)C1CCC1)CCCC(C)C. The van der Waals surface area contributed by atoms with Gasteiger partial charge in [0.05, 0.1) is 12.2 Å². The lowest BCUT2D eigenvalue weighted by atomic mass is 9.86. The fourth-order valence-corrected chi connectivity index (χ4v) is 1.75. The number of esters is 1. The second kappa shape index (κ2) is 6.72. The first-order valence-electron chi connectivity index (χ1n) is 6.45. The number of hydrogen-bond acceptors (Lipinski definition) is 2. The van der Waals surface area contributed by atoms with Gasteiger partial charge >= 0.3 is 5.97 Å². The monoisotopic (exact) mass is 224 g/mol. The van der Waals surface area contributed by atoms with Crippen molar-refractivity contribution in [2.24, 2.45) is 11.8 Å². The molecule has 1 rings (SSSR count). The molecule has 0 N–H and O–H groups in total. The Kier molecular flexibility index (Phi) is 5.58. The zero-order valence-corrected chi connectivity index (χ0v) is 10.8. The Bertz CT molecular complexity index is 249. The van der Waals surface area contributed by atoms with E-state index in [0.717, 1.165) is 25.2 Å². The Morgan fingerprint density at radius 1 is 1.44 bits per heavy atom. The number of carbonyl (C=O) groups is 1. The maximum Gasteiger partial charge on any atom is 0.313 e. The minimum atomic E-state index is -0.0329. The molecule has 0 aromatic rings. The summed E-state index contributed by atoms with van der Waals surface area (Å²) in [7, 11) is 0. The molecule has 1 aliphatic carbocycles. The molecular formula is C14H24O2. The van der Waals surface area contributed by atoms with E-state index in [0.29, 0.717) is 0 Å². The smallest absolute Gasteiger partial charge is 0.313 e. The maximum absolute atomic E-state index is 11.4. The van der Waals surface area contributed by atoms with E-state index in [9.17, 15) is 4.79 Å². The van der Waals surface area contributed by atoms with E-state index in [-0.39, 0.29) is 11.9 Å². The summed E-state index contributed by atoms with van der Waals surface area (Å²) < 4.78 is 5.16. The van der Waals surface area contributed by atoms with Crippen molar-refractivity contribution in [1.29, 1.82) is 0 Å². The van der Waals surface area contributed by atoms with Gasteiger partial charge in [-0.1, -0.05) is 26.7 Å². The van der Waals surface area contributed by atoms with Crippen LogP contribution in [0.4, 0.5) is 0 Å². The first kappa shape index (κ1) is 13.3. The Morgan fingerprint density at radius 2 is 2.12 bits per heavy atom. The van der Waals surface area contributed by atoms with E-state index in [2.05, 4.69) is 13.8 Å². The number of carbonyl (C=O) groups excluding carboxylic acids is 1. The average molecular weight is 224 g/mol. The molecule has 0 heterocycles. The lowest BCUT2D eigenvalue weighted by Crippen LogP contribution is -2.22. The first-order valence-corrected chi connectivity index (χ1v) is 6.45. The molecule has 2 heteroatoms. The highest BCUT2D eigenvalue weighted by Crippen LogP contribution is 2.27. The van der Waals surface area contributed by atoms with Crippen LogP contribution in [-0.4, -0.2) is 5.97 Å². The van der Waals surface area contributed by atoms with Crippen LogP contribution in [0.25, 0.3) is 0 Å². The van der Waals surface area contributed by atoms with Gasteiger partial charge in [-0.25, -0.2) is 0 Å². The highest BCUT2D eigenvalue weighted by Gasteiger charge is 2.26. The van der Waals surface area contributed by atoms with E-state index in [4.69, 9.17) is 4.74 Å². The zero-order valence-electron chi connectivity index (χ0n) is 10.8. The fraction of sp³-hybridized carbons (Fsp3) is 0.786. The van der Waals surface area contributed by atoms with Gasteiger partial charge in [0.25, 0.3) is 0 Å². The van der Waals surface area contributed by atoms with Crippen molar-refractivity contribution in [1.82, 2.24) is 0 Å². The van der Waals surface area contributed by atoms with Gasteiger partial charge < -0.3 is 4.74 Å². The van der Waals surface area contributed by atoms with Crippen molar-refractivity contribution in [2.75, 3.05) is 0 Å². The maximum atomic E-state index is 11.4. The quantitative estimate of drug-likeness (QED) is 0.502. The molecule has 0 aromatic heterocycles. The molecule has 1 aliphatic rings. The standard InChI is InChI=1S/C14H24O2/c1-11(2)6-4-7-12(3)10-16-14(15)13-8-5-9-13/h10-11,13H,4-9H2,1-3H3. The molecule has 16 heavy (non-hydrogen) atoms. The number of allylic oxidation sites excluding steroid dienone is 1. The molecule has 1 saturated carbocycles. The fourth-order valence-electron chi connectivity index (χ4n) is 1.75. The summed E-state index contributed by atoms with van der Waals surface area (Å²) in [6, 6.07) is 0. The molecule has 0 unspecified atom stereocenters. The average Bonchev–Trinajstić information content (AvgIpc) is 2.11. The Morgan fingerprint density at radius 3 is 2.62 bits per heavy atom. The molecule has 0 saturated heterocycles. The van der Waals surface area contributed by atoms with Crippen molar-refractivity contribution >= 4 is 5.97 Å². The second-order valence-electron chi connectivity index (χ2n) is 5.31. The van der Waals surface area contributed by atoms with Crippen LogP contribution in [0.3, 0.4) is 0 Å². The summed E-state index contributed by atoms with van der Waals surface area (Å²) in [5, 5.41) is 0. The van der Waals surface area contributed by atoms with Crippen LogP contribution in [0, 0.1) is 11.8 Å². The molecule has 0 aromatic carbocycles. The largest absolute Gasteiger partial charge is 0.434 e. The third kappa shape index (κ3) is 4.82. The predicted octanol–water partition coefficient (Wildman–Crippen LogP) is 4.06. The van der Waals surface area contributed by atoms with Gasteiger partial charge in [0.2, 0.25) is 0 Å². The van der Waals surface area contributed by atoms with Crippen molar-refractivity contribution in [3.8, 4) is 0 Å². The van der Waals surface area contributed by atoms with Gasteiger partial charge in [0.15, 0.2) is 0 Å². The van der Waals surface area contributed by atoms with Gasteiger partial charge in [0.1, 0.15) is 0 Å². The van der Waals surface area contributed by atoms with Crippen LogP contribution < -0.4 is 0 Å². The van der Waals surface area contributed by atoms with Crippen molar-refractivity contribution < 1.29 is 9.53 Å². The summed E-state index contributed by atoms with van der Waals surface area (Å²) in [6.07, 6.45) is 8.31. The highest BCUT2D eigenvalue weighted by molar-refractivity contribution is 5.73. The van der Waals surface area contributed by atoms with E-state index in [1.54, 1.807) is 6.26 Å². The second-order valence-corrected chi connectivity index (χ2v) is 5.31. The Balaban J connectivity index is 2.14. The van der Waals surface area contributed by atoms with Crippen molar-refractivity contribution in [3.05, 3.63) is 11.8 Å². The van der Waals surface area contributed by atoms with Gasteiger partial charge in [-0.15, -0.1) is 0 Å². The molecule has 0 atom stereocenters. The molecular weight excluding hydrogens is 200 g/mol. The molecule has 0 radical (unpaired) electrons. The molecule has 0 amide bonds. The Labute approximate surface area is 99.1 Å². The molecule has 0 bridgehead atoms. The molecule has 1 fully saturated rings.